The number of hydrogen-bond donors (Lipinski definition) is 1. The molecule has 2 aromatic carbocycles. The molecule has 0 fully saturated rings. The van der Waals surface area contributed by atoms with Gasteiger partial charge in [-0.1, -0.05) is 23.7 Å². The van der Waals surface area contributed by atoms with Gasteiger partial charge >= 0.3 is 0 Å². The number of phenolic OH excluding ortho intramolecular Hbond substituents is 1. The summed E-state index contributed by atoms with van der Waals surface area (Å²) in [4.78, 5) is 8.96. The van der Waals surface area contributed by atoms with Gasteiger partial charge < -0.3 is 9.84 Å². The first kappa shape index (κ1) is 15.3. The molecule has 4 nitrogen and oxygen atoms in total. The number of aromatic hydroxyl groups is 1. The molecule has 0 aliphatic heterocycles. The number of rotatable bonds is 3. The minimum absolute atomic E-state index is 0.0972. The van der Waals surface area contributed by atoms with Crippen LogP contribution in [0.2, 0.25) is 5.02 Å². The normalized spacial score (nSPS) is 10.6. The monoisotopic (exact) mass is 326 g/mol. The Hall–Kier alpha value is -2.59. The first-order chi connectivity index (χ1) is 11.1. The predicted molar refractivity (Wildman–Crippen MR) is 90.9 cm³/mol. The zero-order valence-corrected chi connectivity index (χ0v) is 13.5. The van der Waals surface area contributed by atoms with Crippen LogP contribution in [0.3, 0.4) is 0 Å². The van der Waals surface area contributed by atoms with Crippen LogP contribution in [-0.2, 0) is 0 Å². The molecular weight excluding hydrogens is 312 g/mol. The van der Waals surface area contributed by atoms with Gasteiger partial charge in [0.1, 0.15) is 5.82 Å². The number of aromatic nitrogens is 2. The molecule has 0 spiro atoms. The van der Waals surface area contributed by atoms with Gasteiger partial charge in [-0.3, -0.25) is 0 Å². The number of methoxy groups -OCH3 is 1. The largest absolute Gasteiger partial charge is 0.504 e. The van der Waals surface area contributed by atoms with Gasteiger partial charge in [0.2, 0.25) is 0 Å². The van der Waals surface area contributed by atoms with E-state index in [1.807, 2.05) is 37.3 Å². The Morgan fingerprint density at radius 2 is 1.52 bits per heavy atom. The van der Waals surface area contributed by atoms with Crippen LogP contribution in [0.5, 0.6) is 11.5 Å². The molecule has 0 aliphatic carbocycles. The second-order valence-electron chi connectivity index (χ2n) is 5.08. The Labute approximate surface area is 139 Å². The summed E-state index contributed by atoms with van der Waals surface area (Å²) in [6.07, 6.45) is 0. The summed E-state index contributed by atoms with van der Waals surface area (Å²) in [6, 6.07) is 14.6. The van der Waals surface area contributed by atoms with Gasteiger partial charge in [-0.25, -0.2) is 9.97 Å². The van der Waals surface area contributed by atoms with Gasteiger partial charge in [0, 0.05) is 16.1 Å². The van der Waals surface area contributed by atoms with Crippen LogP contribution in [0.15, 0.2) is 48.5 Å². The highest BCUT2D eigenvalue weighted by Crippen LogP contribution is 2.32. The lowest BCUT2D eigenvalue weighted by Crippen LogP contribution is -1.95. The third-order valence-corrected chi connectivity index (χ3v) is 3.71. The average molecular weight is 327 g/mol. The first-order valence-corrected chi connectivity index (χ1v) is 7.43. The quantitative estimate of drug-likeness (QED) is 0.770. The zero-order valence-electron chi connectivity index (χ0n) is 12.7. The summed E-state index contributed by atoms with van der Waals surface area (Å²) in [7, 11) is 1.52. The van der Waals surface area contributed by atoms with Gasteiger partial charge in [-0.15, -0.1) is 0 Å². The molecular formula is C18H15ClN2O2. The topological polar surface area (TPSA) is 55.2 Å². The Morgan fingerprint density at radius 3 is 2.17 bits per heavy atom. The molecule has 0 radical (unpaired) electrons. The molecule has 116 valence electrons. The highest BCUT2D eigenvalue weighted by atomic mass is 35.5. The summed E-state index contributed by atoms with van der Waals surface area (Å²) in [5.74, 6) is 1.17. The predicted octanol–water partition coefficient (Wildman–Crippen LogP) is 4.49. The van der Waals surface area contributed by atoms with Crippen molar-refractivity contribution in [3.8, 4) is 34.0 Å². The maximum absolute atomic E-state index is 9.72. The van der Waals surface area contributed by atoms with E-state index in [0.717, 1.165) is 22.5 Å². The SMILES string of the molecule is COc1cc(-c2cc(-c3ccc(Cl)cc3)nc(C)n2)ccc1O. The number of phenols is 1. The van der Waals surface area contributed by atoms with Gasteiger partial charge in [0.05, 0.1) is 18.5 Å². The number of halogens is 1. The highest BCUT2D eigenvalue weighted by Gasteiger charge is 2.09. The summed E-state index contributed by atoms with van der Waals surface area (Å²) >= 11 is 5.94. The molecule has 0 aliphatic rings. The lowest BCUT2D eigenvalue weighted by Gasteiger charge is -2.09. The van der Waals surface area contributed by atoms with E-state index in [-0.39, 0.29) is 5.75 Å². The van der Waals surface area contributed by atoms with Gasteiger partial charge in [-0.2, -0.15) is 0 Å². The number of hydrogen-bond acceptors (Lipinski definition) is 4. The van der Waals surface area contributed by atoms with Crippen LogP contribution in [0.4, 0.5) is 0 Å². The fourth-order valence-electron chi connectivity index (χ4n) is 2.32. The lowest BCUT2D eigenvalue weighted by atomic mass is 10.1. The average Bonchev–Trinajstić information content (AvgIpc) is 2.55. The molecule has 5 heteroatoms. The first-order valence-electron chi connectivity index (χ1n) is 7.06. The van der Waals surface area contributed by atoms with E-state index in [4.69, 9.17) is 16.3 Å². The van der Waals surface area contributed by atoms with E-state index >= 15 is 0 Å². The number of ether oxygens (including phenoxy) is 1. The number of nitrogens with zero attached hydrogens (tertiary/aromatic N) is 2. The van der Waals surface area contributed by atoms with E-state index in [2.05, 4.69) is 9.97 Å². The Morgan fingerprint density at radius 1 is 0.913 bits per heavy atom. The Balaban J connectivity index is 2.09. The molecule has 1 aromatic heterocycles. The molecule has 0 atom stereocenters. The summed E-state index contributed by atoms with van der Waals surface area (Å²) in [5.41, 5.74) is 3.39. The Kier molecular flexibility index (Phi) is 4.17. The van der Waals surface area contributed by atoms with E-state index in [1.54, 1.807) is 18.2 Å². The fourth-order valence-corrected chi connectivity index (χ4v) is 2.45. The molecule has 3 rings (SSSR count). The molecule has 0 amide bonds. The van der Waals surface area contributed by atoms with Crippen molar-refractivity contribution in [3.05, 3.63) is 59.4 Å². The lowest BCUT2D eigenvalue weighted by molar-refractivity contribution is 0.373. The highest BCUT2D eigenvalue weighted by molar-refractivity contribution is 6.30. The molecule has 23 heavy (non-hydrogen) atoms. The third kappa shape index (κ3) is 3.27. The summed E-state index contributed by atoms with van der Waals surface area (Å²) in [6.45, 7) is 1.85. The minimum Gasteiger partial charge on any atom is -0.504 e. The van der Waals surface area contributed by atoms with Crippen molar-refractivity contribution >= 4 is 11.6 Å². The van der Waals surface area contributed by atoms with Crippen LogP contribution in [0, 0.1) is 6.92 Å². The van der Waals surface area contributed by atoms with Crippen molar-refractivity contribution in [2.24, 2.45) is 0 Å². The maximum atomic E-state index is 9.72. The van der Waals surface area contributed by atoms with Crippen LogP contribution in [0.1, 0.15) is 5.82 Å². The van der Waals surface area contributed by atoms with E-state index in [0.29, 0.717) is 16.6 Å². The van der Waals surface area contributed by atoms with Gasteiger partial charge in [-0.05, 0) is 43.3 Å². The third-order valence-electron chi connectivity index (χ3n) is 3.45. The molecule has 0 saturated carbocycles. The van der Waals surface area contributed by atoms with Gasteiger partial charge in [0.15, 0.2) is 11.5 Å². The van der Waals surface area contributed by atoms with Crippen molar-refractivity contribution in [1.29, 1.82) is 0 Å². The minimum atomic E-state index is 0.0972. The molecule has 0 unspecified atom stereocenters. The van der Waals surface area contributed by atoms with Crippen LogP contribution in [0.25, 0.3) is 22.5 Å². The Bertz CT molecular complexity index is 848. The van der Waals surface area contributed by atoms with Gasteiger partial charge in [0.25, 0.3) is 0 Å². The fraction of sp³-hybridized carbons (Fsp3) is 0.111. The second kappa shape index (κ2) is 6.26. The van der Waals surface area contributed by atoms with E-state index < -0.39 is 0 Å². The maximum Gasteiger partial charge on any atom is 0.161 e. The van der Waals surface area contributed by atoms with Crippen molar-refractivity contribution in [2.75, 3.05) is 7.11 Å². The van der Waals surface area contributed by atoms with Crippen molar-refractivity contribution in [3.63, 3.8) is 0 Å². The van der Waals surface area contributed by atoms with E-state index in [1.165, 1.54) is 7.11 Å². The van der Waals surface area contributed by atoms with E-state index in [9.17, 15) is 5.11 Å². The molecule has 3 aromatic rings. The number of aryl methyl sites for hydroxylation is 1. The smallest absolute Gasteiger partial charge is 0.161 e. The van der Waals surface area contributed by atoms with Crippen LogP contribution >= 0.6 is 11.6 Å². The standard InChI is InChI=1S/C18H15ClN2O2/c1-11-20-15(12-3-6-14(19)7-4-12)10-16(21-11)13-5-8-17(22)18(9-13)23-2/h3-10,22H,1-2H3. The molecule has 1 N–H and O–H groups in total. The van der Waals surface area contributed by atoms with Crippen molar-refractivity contribution < 1.29 is 9.84 Å². The zero-order chi connectivity index (χ0) is 16.4. The molecule has 1 heterocycles. The number of benzene rings is 2. The van der Waals surface area contributed by atoms with Crippen molar-refractivity contribution in [1.82, 2.24) is 9.97 Å². The summed E-state index contributed by atoms with van der Waals surface area (Å²) < 4.78 is 5.16. The summed E-state index contributed by atoms with van der Waals surface area (Å²) in [5, 5.41) is 10.4. The van der Waals surface area contributed by atoms with Crippen LogP contribution < -0.4 is 4.74 Å². The van der Waals surface area contributed by atoms with Crippen LogP contribution in [-0.4, -0.2) is 22.2 Å². The second-order valence-corrected chi connectivity index (χ2v) is 5.52. The van der Waals surface area contributed by atoms with Crippen molar-refractivity contribution in [2.45, 2.75) is 6.92 Å². The molecule has 0 saturated heterocycles. The molecule has 0 bridgehead atoms.